The van der Waals surface area contributed by atoms with Crippen molar-refractivity contribution in [2.45, 2.75) is 12.8 Å². The summed E-state index contributed by atoms with van der Waals surface area (Å²) >= 11 is 1.58. The van der Waals surface area contributed by atoms with Crippen molar-refractivity contribution in [2.24, 2.45) is 0 Å². The largest absolute Gasteiger partial charge is 0.358 e. The molecule has 2 aromatic rings. The van der Waals surface area contributed by atoms with Crippen LogP contribution in [0.15, 0.2) is 42.3 Å². The van der Waals surface area contributed by atoms with E-state index in [1.54, 1.807) is 11.3 Å². The molecule has 1 amide bonds. The van der Waals surface area contributed by atoms with E-state index in [0.717, 1.165) is 35.0 Å². The Morgan fingerprint density at radius 3 is 2.86 bits per heavy atom. The number of anilines is 2. The van der Waals surface area contributed by atoms with E-state index in [1.807, 2.05) is 40.6 Å². The monoisotopic (exact) mass is 299 g/mol. The molecule has 1 aliphatic heterocycles. The third-order valence-corrected chi connectivity index (χ3v) is 4.25. The fourth-order valence-corrected chi connectivity index (χ4v) is 3.11. The highest BCUT2D eigenvalue weighted by Gasteiger charge is 2.21. The highest BCUT2D eigenvalue weighted by atomic mass is 32.1. The molecule has 0 saturated carbocycles. The van der Waals surface area contributed by atoms with Crippen molar-refractivity contribution >= 4 is 28.1 Å². The first-order chi connectivity index (χ1) is 10.3. The molecule has 5 heteroatoms. The minimum Gasteiger partial charge on any atom is -0.358 e. The average Bonchev–Trinajstić information content (AvgIpc) is 3.14. The summed E-state index contributed by atoms with van der Waals surface area (Å²) < 4.78 is 0. The Kier molecular flexibility index (Phi) is 4.01. The number of carbonyl (C=O) groups excluding carboxylic acids is 1. The highest BCUT2D eigenvalue weighted by Crippen LogP contribution is 2.28. The van der Waals surface area contributed by atoms with E-state index in [2.05, 4.69) is 16.9 Å². The lowest BCUT2D eigenvalue weighted by atomic mass is 10.1. The van der Waals surface area contributed by atoms with Crippen LogP contribution in [0.1, 0.15) is 12.8 Å². The zero-order valence-corrected chi connectivity index (χ0v) is 12.5. The van der Waals surface area contributed by atoms with Gasteiger partial charge in [0.05, 0.1) is 5.69 Å². The van der Waals surface area contributed by atoms with Crippen molar-refractivity contribution in [1.29, 1.82) is 0 Å². The maximum atomic E-state index is 11.7. The standard InChI is InChI=1S/C16H17N3OS/c1-2-9-17-16-18-14(11-21-16)12-5-7-13(8-6-12)19-10-3-4-15(19)20/h2,5-8,11H,1,3-4,9-10H2,(H,17,18). The van der Waals surface area contributed by atoms with Gasteiger partial charge in [0.2, 0.25) is 5.91 Å². The first kappa shape index (κ1) is 13.8. The number of hydrogen-bond donors (Lipinski definition) is 1. The lowest BCUT2D eigenvalue weighted by Crippen LogP contribution is -2.23. The van der Waals surface area contributed by atoms with Gasteiger partial charge >= 0.3 is 0 Å². The lowest BCUT2D eigenvalue weighted by molar-refractivity contribution is -0.117. The van der Waals surface area contributed by atoms with Gasteiger partial charge in [-0.1, -0.05) is 18.2 Å². The molecule has 1 aromatic heterocycles. The van der Waals surface area contributed by atoms with Crippen molar-refractivity contribution in [1.82, 2.24) is 4.98 Å². The molecule has 0 unspecified atom stereocenters. The molecular weight excluding hydrogens is 282 g/mol. The Morgan fingerprint density at radius 1 is 1.38 bits per heavy atom. The number of nitrogens with zero attached hydrogens (tertiary/aromatic N) is 2. The van der Waals surface area contributed by atoms with Gasteiger partial charge in [0.25, 0.3) is 0 Å². The molecule has 1 saturated heterocycles. The number of hydrogen-bond acceptors (Lipinski definition) is 4. The summed E-state index contributed by atoms with van der Waals surface area (Å²) in [5, 5.41) is 6.10. The number of thiazole rings is 1. The summed E-state index contributed by atoms with van der Waals surface area (Å²) in [5.74, 6) is 0.215. The third-order valence-electron chi connectivity index (χ3n) is 3.45. The molecule has 2 heterocycles. The van der Waals surface area contributed by atoms with Gasteiger partial charge in [-0.2, -0.15) is 0 Å². The first-order valence-electron chi connectivity index (χ1n) is 6.99. The fourth-order valence-electron chi connectivity index (χ4n) is 2.38. The van der Waals surface area contributed by atoms with E-state index in [0.29, 0.717) is 13.0 Å². The molecule has 0 spiro atoms. The molecule has 4 nitrogen and oxygen atoms in total. The zero-order chi connectivity index (χ0) is 14.7. The highest BCUT2D eigenvalue weighted by molar-refractivity contribution is 7.14. The summed E-state index contributed by atoms with van der Waals surface area (Å²) in [5.41, 5.74) is 2.99. The van der Waals surface area contributed by atoms with E-state index in [1.165, 1.54) is 0 Å². The second kappa shape index (κ2) is 6.10. The molecular formula is C16H17N3OS. The molecule has 108 valence electrons. The lowest BCUT2D eigenvalue weighted by Gasteiger charge is -2.15. The Labute approximate surface area is 128 Å². The Morgan fingerprint density at radius 2 is 2.19 bits per heavy atom. The van der Waals surface area contributed by atoms with Crippen LogP contribution in [-0.2, 0) is 4.79 Å². The van der Waals surface area contributed by atoms with Crippen molar-refractivity contribution < 1.29 is 4.79 Å². The van der Waals surface area contributed by atoms with Crippen LogP contribution < -0.4 is 10.2 Å². The molecule has 1 N–H and O–H groups in total. The van der Waals surface area contributed by atoms with Gasteiger partial charge in [0, 0.05) is 36.1 Å². The molecule has 1 aliphatic rings. The summed E-state index contributed by atoms with van der Waals surface area (Å²) in [6.45, 7) is 5.21. The van der Waals surface area contributed by atoms with Crippen molar-refractivity contribution in [3.8, 4) is 11.3 Å². The van der Waals surface area contributed by atoms with E-state index < -0.39 is 0 Å². The second-order valence-electron chi connectivity index (χ2n) is 4.90. The van der Waals surface area contributed by atoms with Crippen LogP contribution >= 0.6 is 11.3 Å². The van der Waals surface area contributed by atoms with Crippen LogP contribution in [0.5, 0.6) is 0 Å². The van der Waals surface area contributed by atoms with Crippen molar-refractivity contribution in [2.75, 3.05) is 23.3 Å². The average molecular weight is 299 g/mol. The molecule has 0 radical (unpaired) electrons. The quantitative estimate of drug-likeness (QED) is 0.859. The fraction of sp³-hybridized carbons (Fsp3) is 0.250. The van der Waals surface area contributed by atoms with Crippen molar-refractivity contribution in [3.63, 3.8) is 0 Å². The summed E-state index contributed by atoms with van der Waals surface area (Å²) in [7, 11) is 0. The smallest absolute Gasteiger partial charge is 0.227 e. The van der Waals surface area contributed by atoms with Gasteiger partial charge in [0.1, 0.15) is 0 Å². The van der Waals surface area contributed by atoms with Gasteiger partial charge in [-0.3, -0.25) is 4.79 Å². The maximum absolute atomic E-state index is 11.7. The van der Waals surface area contributed by atoms with Crippen LogP contribution in [0.4, 0.5) is 10.8 Å². The number of aromatic nitrogens is 1. The number of nitrogens with one attached hydrogen (secondary N) is 1. The van der Waals surface area contributed by atoms with Crippen LogP contribution in [0.25, 0.3) is 11.3 Å². The first-order valence-corrected chi connectivity index (χ1v) is 7.87. The minimum absolute atomic E-state index is 0.215. The van der Waals surface area contributed by atoms with Crippen LogP contribution in [-0.4, -0.2) is 24.0 Å². The summed E-state index contributed by atoms with van der Waals surface area (Å²) in [6, 6.07) is 8.03. The summed E-state index contributed by atoms with van der Waals surface area (Å²) in [6.07, 6.45) is 3.42. The molecule has 3 rings (SSSR count). The Hall–Kier alpha value is -2.14. The molecule has 0 aliphatic carbocycles. The van der Waals surface area contributed by atoms with Crippen LogP contribution in [0.2, 0.25) is 0 Å². The van der Waals surface area contributed by atoms with Gasteiger partial charge in [-0.05, 0) is 18.6 Å². The molecule has 1 aromatic carbocycles. The van der Waals surface area contributed by atoms with E-state index >= 15 is 0 Å². The van der Waals surface area contributed by atoms with Crippen molar-refractivity contribution in [3.05, 3.63) is 42.3 Å². The number of benzene rings is 1. The Balaban J connectivity index is 1.75. The van der Waals surface area contributed by atoms with Gasteiger partial charge in [0.15, 0.2) is 5.13 Å². The predicted molar refractivity (Wildman–Crippen MR) is 87.8 cm³/mol. The molecule has 0 atom stereocenters. The molecule has 1 fully saturated rings. The van der Waals surface area contributed by atoms with Crippen LogP contribution in [0.3, 0.4) is 0 Å². The third kappa shape index (κ3) is 2.97. The van der Waals surface area contributed by atoms with Gasteiger partial charge in [-0.15, -0.1) is 17.9 Å². The predicted octanol–water partition coefficient (Wildman–Crippen LogP) is 3.53. The number of rotatable bonds is 5. The number of carbonyl (C=O) groups is 1. The van der Waals surface area contributed by atoms with E-state index in [-0.39, 0.29) is 5.91 Å². The normalized spacial score (nSPS) is 14.5. The minimum atomic E-state index is 0.215. The molecule has 21 heavy (non-hydrogen) atoms. The van der Waals surface area contributed by atoms with Gasteiger partial charge in [-0.25, -0.2) is 4.98 Å². The molecule has 0 bridgehead atoms. The topological polar surface area (TPSA) is 45.2 Å². The summed E-state index contributed by atoms with van der Waals surface area (Å²) in [4.78, 5) is 18.1. The van der Waals surface area contributed by atoms with E-state index in [9.17, 15) is 4.79 Å². The van der Waals surface area contributed by atoms with E-state index in [4.69, 9.17) is 0 Å². The second-order valence-corrected chi connectivity index (χ2v) is 5.76. The number of amides is 1. The van der Waals surface area contributed by atoms with Crippen LogP contribution in [0, 0.1) is 0 Å². The Bertz CT molecular complexity index is 648. The van der Waals surface area contributed by atoms with Gasteiger partial charge < -0.3 is 10.2 Å². The SMILES string of the molecule is C=CCNc1nc(-c2ccc(N3CCCC3=O)cc2)cs1. The zero-order valence-electron chi connectivity index (χ0n) is 11.7. The maximum Gasteiger partial charge on any atom is 0.227 e.